The van der Waals surface area contributed by atoms with Crippen molar-refractivity contribution in [2.24, 2.45) is 0 Å². The van der Waals surface area contributed by atoms with Crippen molar-refractivity contribution in [3.8, 4) is 0 Å². The van der Waals surface area contributed by atoms with E-state index in [4.69, 9.17) is 5.11 Å². The highest BCUT2D eigenvalue weighted by molar-refractivity contribution is 5.87. The monoisotopic (exact) mass is 256 g/mol. The summed E-state index contributed by atoms with van der Waals surface area (Å²) < 4.78 is 0. The number of aromatic nitrogens is 1. The topological polar surface area (TPSA) is 62.2 Å². The van der Waals surface area contributed by atoms with Gasteiger partial charge in [0, 0.05) is 11.9 Å². The summed E-state index contributed by atoms with van der Waals surface area (Å²) in [4.78, 5) is 14.8. The summed E-state index contributed by atoms with van der Waals surface area (Å²) in [5, 5.41) is 11.9. The zero-order valence-electron chi connectivity index (χ0n) is 10.8. The SMILES string of the molecule is CCCc1ccc(Nc2ccc(C(=O)O)cn2)cc1. The van der Waals surface area contributed by atoms with Gasteiger partial charge in [0.15, 0.2) is 0 Å². The highest BCUT2D eigenvalue weighted by atomic mass is 16.4. The predicted molar refractivity (Wildman–Crippen MR) is 74.9 cm³/mol. The maximum Gasteiger partial charge on any atom is 0.337 e. The number of carbonyl (C=O) groups is 1. The molecule has 0 saturated heterocycles. The van der Waals surface area contributed by atoms with E-state index in [2.05, 4.69) is 29.4 Å². The third-order valence-corrected chi connectivity index (χ3v) is 2.78. The third-order valence-electron chi connectivity index (χ3n) is 2.78. The van der Waals surface area contributed by atoms with Crippen molar-refractivity contribution in [1.82, 2.24) is 4.98 Å². The van der Waals surface area contributed by atoms with E-state index in [0.717, 1.165) is 18.5 Å². The van der Waals surface area contributed by atoms with E-state index in [9.17, 15) is 4.79 Å². The molecule has 2 N–H and O–H groups in total. The quantitative estimate of drug-likeness (QED) is 0.859. The number of hydrogen-bond acceptors (Lipinski definition) is 3. The van der Waals surface area contributed by atoms with Crippen molar-refractivity contribution >= 4 is 17.5 Å². The largest absolute Gasteiger partial charge is 0.478 e. The van der Waals surface area contributed by atoms with Gasteiger partial charge in [-0.1, -0.05) is 25.5 Å². The normalized spacial score (nSPS) is 10.2. The fourth-order valence-corrected chi connectivity index (χ4v) is 1.79. The molecule has 0 bridgehead atoms. The third kappa shape index (κ3) is 3.55. The van der Waals surface area contributed by atoms with Crippen LogP contribution in [0.15, 0.2) is 42.6 Å². The lowest BCUT2D eigenvalue weighted by atomic mass is 10.1. The molecule has 4 nitrogen and oxygen atoms in total. The van der Waals surface area contributed by atoms with Crippen molar-refractivity contribution in [1.29, 1.82) is 0 Å². The number of benzene rings is 1. The molecule has 1 heterocycles. The summed E-state index contributed by atoms with van der Waals surface area (Å²) in [6, 6.07) is 11.3. The van der Waals surface area contributed by atoms with Crippen molar-refractivity contribution < 1.29 is 9.90 Å². The Hall–Kier alpha value is -2.36. The van der Waals surface area contributed by atoms with E-state index in [-0.39, 0.29) is 5.56 Å². The number of pyridine rings is 1. The number of carboxylic acid groups (broad SMARTS) is 1. The van der Waals surface area contributed by atoms with Gasteiger partial charge in [0.1, 0.15) is 5.82 Å². The smallest absolute Gasteiger partial charge is 0.337 e. The van der Waals surface area contributed by atoms with Gasteiger partial charge in [0.2, 0.25) is 0 Å². The lowest BCUT2D eigenvalue weighted by molar-refractivity contribution is 0.0696. The van der Waals surface area contributed by atoms with Gasteiger partial charge in [-0.3, -0.25) is 0 Å². The maximum absolute atomic E-state index is 10.7. The summed E-state index contributed by atoms with van der Waals surface area (Å²) in [5.41, 5.74) is 2.43. The van der Waals surface area contributed by atoms with Gasteiger partial charge in [0.05, 0.1) is 5.56 Å². The Morgan fingerprint density at radius 2 is 1.95 bits per heavy atom. The molecule has 0 atom stereocenters. The molecule has 0 aliphatic heterocycles. The van der Waals surface area contributed by atoms with Gasteiger partial charge < -0.3 is 10.4 Å². The van der Waals surface area contributed by atoms with Crippen LogP contribution in [0.2, 0.25) is 0 Å². The minimum absolute atomic E-state index is 0.184. The summed E-state index contributed by atoms with van der Waals surface area (Å²) in [6.07, 6.45) is 3.55. The second-order valence-electron chi connectivity index (χ2n) is 4.31. The molecule has 0 fully saturated rings. The molecule has 2 rings (SSSR count). The lowest BCUT2D eigenvalue weighted by Crippen LogP contribution is -1.99. The summed E-state index contributed by atoms with van der Waals surface area (Å²) >= 11 is 0. The Balaban J connectivity index is 2.06. The molecule has 4 heteroatoms. The van der Waals surface area contributed by atoms with Gasteiger partial charge in [-0.25, -0.2) is 9.78 Å². The number of carboxylic acids is 1. The van der Waals surface area contributed by atoms with Crippen molar-refractivity contribution in [2.45, 2.75) is 19.8 Å². The van der Waals surface area contributed by atoms with Gasteiger partial charge in [-0.15, -0.1) is 0 Å². The molecule has 0 saturated carbocycles. The first-order valence-corrected chi connectivity index (χ1v) is 6.24. The number of aromatic carboxylic acids is 1. The first kappa shape index (κ1) is 13.1. The van der Waals surface area contributed by atoms with E-state index < -0.39 is 5.97 Å². The molecule has 1 aromatic carbocycles. The number of aryl methyl sites for hydroxylation is 1. The summed E-state index contributed by atoms with van der Waals surface area (Å²) in [7, 11) is 0. The van der Waals surface area contributed by atoms with E-state index in [1.165, 1.54) is 17.8 Å². The number of rotatable bonds is 5. The van der Waals surface area contributed by atoms with Crippen LogP contribution in [0, 0.1) is 0 Å². The lowest BCUT2D eigenvalue weighted by Gasteiger charge is -2.06. The van der Waals surface area contributed by atoms with Crippen molar-refractivity contribution in [3.05, 3.63) is 53.7 Å². The molecular formula is C15H16N2O2. The fraction of sp³-hybridized carbons (Fsp3) is 0.200. The Morgan fingerprint density at radius 3 is 2.47 bits per heavy atom. The summed E-state index contributed by atoms with van der Waals surface area (Å²) in [6.45, 7) is 2.15. The molecule has 0 unspecified atom stereocenters. The predicted octanol–water partition coefficient (Wildman–Crippen LogP) is 3.48. The molecule has 0 aliphatic rings. The van der Waals surface area contributed by atoms with Crippen LogP contribution in [0.5, 0.6) is 0 Å². The van der Waals surface area contributed by atoms with Gasteiger partial charge in [-0.05, 0) is 36.2 Å². The van der Waals surface area contributed by atoms with E-state index in [1.807, 2.05) is 12.1 Å². The molecule has 0 aliphatic carbocycles. The second-order valence-corrected chi connectivity index (χ2v) is 4.31. The van der Waals surface area contributed by atoms with Crippen LogP contribution in [-0.4, -0.2) is 16.1 Å². The average Bonchev–Trinajstić information content (AvgIpc) is 2.42. The molecule has 2 aromatic rings. The standard InChI is InChI=1S/C15H16N2O2/c1-2-3-11-4-7-13(8-5-11)17-14-9-6-12(10-16-14)15(18)19/h4-10H,2-3H2,1H3,(H,16,17)(H,18,19). The average molecular weight is 256 g/mol. The van der Waals surface area contributed by atoms with Crippen LogP contribution >= 0.6 is 0 Å². The van der Waals surface area contributed by atoms with Crippen LogP contribution in [0.1, 0.15) is 29.3 Å². The minimum Gasteiger partial charge on any atom is -0.478 e. The molecule has 19 heavy (non-hydrogen) atoms. The van der Waals surface area contributed by atoms with E-state index in [1.54, 1.807) is 6.07 Å². The van der Waals surface area contributed by atoms with E-state index >= 15 is 0 Å². The first-order valence-electron chi connectivity index (χ1n) is 6.24. The maximum atomic E-state index is 10.7. The molecule has 98 valence electrons. The van der Waals surface area contributed by atoms with Crippen LogP contribution in [0.3, 0.4) is 0 Å². The molecule has 0 spiro atoms. The van der Waals surface area contributed by atoms with Crippen LogP contribution in [0.4, 0.5) is 11.5 Å². The van der Waals surface area contributed by atoms with Crippen LogP contribution < -0.4 is 5.32 Å². The fourth-order valence-electron chi connectivity index (χ4n) is 1.79. The minimum atomic E-state index is -0.969. The highest BCUT2D eigenvalue weighted by Crippen LogP contribution is 2.16. The van der Waals surface area contributed by atoms with Gasteiger partial charge in [0.25, 0.3) is 0 Å². The zero-order valence-corrected chi connectivity index (χ0v) is 10.8. The second kappa shape index (κ2) is 6.00. The Morgan fingerprint density at radius 1 is 1.21 bits per heavy atom. The first-order chi connectivity index (χ1) is 9.19. The highest BCUT2D eigenvalue weighted by Gasteiger charge is 2.03. The number of nitrogens with zero attached hydrogens (tertiary/aromatic N) is 1. The Kier molecular flexibility index (Phi) is 4.13. The Bertz CT molecular complexity index is 547. The summed E-state index contributed by atoms with van der Waals surface area (Å²) in [5.74, 6) is -0.337. The molecule has 1 aromatic heterocycles. The van der Waals surface area contributed by atoms with E-state index in [0.29, 0.717) is 5.82 Å². The van der Waals surface area contributed by atoms with Gasteiger partial charge in [-0.2, -0.15) is 0 Å². The molecule has 0 amide bonds. The number of anilines is 2. The zero-order chi connectivity index (χ0) is 13.7. The Labute approximate surface area is 112 Å². The number of nitrogens with one attached hydrogen (secondary N) is 1. The van der Waals surface area contributed by atoms with Gasteiger partial charge >= 0.3 is 5.97 Å². The molecular weight excluding hydrogens is 240 g/mol. The van der Waals surface area contributed by atoms with Crippen molar-refractivity contribution in [2.75, 3.05) is 5.32 Å². The van der Waals surface area contributed by atoms with Crippen LogP contribution in [0.25, 0.3) is 0 Å². The van der Waals surface area contributed by atoms with Crippen LogP contribution in [-0.2, 0) is 6.42 Å². The molecule has 0 radical (unpaired) electrons. The van der Waals surface area contributed by atoms with Crippen molar-refractivity contribution in [3.63, 3.8) is 0 Å². The number of hydrogen-bond donors (Lipinski definition) is 2.